The Morgan fingerprint density at radius 3 is 2.46 bits per heavy atom. The maximum atomic E-state index is 12.5. The zero-order valence-corrected chi connectivity index (χ0v) is 15.6. The zero-order valence-electron chi connectivity index (χ0n) is 15.6. The van der Waals surface area contributed by atoms with Crippen LogP contribution in [0.4, 0.5) is 5.69 Å². The molecular formula is C22H23N3O3. The van der Waals surface area contributed by atoms with Gasteiger partial charge < -0.3 is 15.0 Å². The van der Waals surface area contributed by atoms with Crippen molar-refractivity contribution in [2.75, 3.05) is 25.0 Å². The van der Waals surface area contributed by atoms with E-state index in [1.54, 1.807) is 29.2 Å². The van der Waals surface area contributed by atoms with Gasteiger partial charge in [0.15, 0.2) is 0 Å². The van der Waals surface area contributed by atoms with Crippen LogP contribution in [0.25, 0.3) is 0 Å². The lowest BCUT2D eigenvalue weighted by Gasteiger charge is -2.31. The predicted octanol–water partition coefficient (Wildman–Crippen LogP) is 3.20. The van der Waals surface area contributed by atoms with Crippen LogP contribution in [-0.4, -0.2) is 36.4 Å². The molecule has 144 valence electrons. The number of hydrogen-bond acceptors (Lipinski definition) is 4. The summed E-state index contributed by atoms with van der Waals surface area (Å²) in [6.07, 6.45) is 1.55. The van der Waals surface area contributed by atoms with E-state index in [0.717, 1.165) is 5.75 Å². The fraction of sp³-hybridized carbons (Fsp3) is 0.318. The molecule has 1 aliphatic heterocycles. The topological polar surface area (TPSA) is 82.4 Å². The molecule has 1 heterocycles. The molecule has 1 saturated heterocycles. The average molecular weight is 377 g/mol. The third-order valence-corrected chi connectivity index (χ3v) is 4.85. The summed E-state index contributed by atoms with van der Waals surface area (Å²) in [6, 6.07) is 18.4. The summed E-state index contributed by atoms with van der Waals surface area (Å²) >= 11 is 0. The summed E-state index contributed by atoms with van der Waals surface area (Å²) in [5.41, 5.74) is 0.980. The van der Waals surface area contributed by atoms with Crippen LogP contribution in [0.2, 0.25) is 0 Å². The Hall–Kier alpha value is -3.33. The van der Waals surface area contributed by atoms with Crippen LogP contribution >= 0.6 is 0 Å². The number of likely N-dealkylation sites (tertiary alicyclic amines) is 1. The number of rotatable bonds is 6. The monoisotopic (exact) mass is 377 g/mol. The van der Waals surface area contributed by atoms with Gasteiger partial charge >= 0.3 is 0 Å². The molecule has 2 amide bonds. The molecule has 6 heteroatoms. The Labute approximate surface area is 164 Å². The van der Waals surface area contributed by atoms with Crippen molar-refractivity contribution in [3.63, 3.8) is 0 Å². The fourth-order valence-electron chi connectivity index (χ4n) is 3.25. The van der Waals surface area contributed by atoms with Gasteiger partial charge in [-0.2, -0.15) is 5.26 Å². The van der Waals surface area contributed by atoms with E-state index >= 15 is 0 Å². The van der Waals surface area contributed by atoms with E-state index in [1.165, 1.54) is 0 Å². The number of amides is 2. The third-order valence-electron chi connectivity index (χ3n) is 4.85. The molecule has 28 heavy (non-hydrogen) atoms. The molecule has 1 aliphatic rings. The molecule has 0 unspecified atom stereocenters. The fourth-order valence-corrected chi connectivity index (χ4v) is 3.25. The first-order valence-corrected chi connectivity index (χ1v) is 9.43. The van der Waals surface area contributed by atoms with Crippen molar-refractivity contribution in [1.29, 1.82) is 5.26 Å². The Kier molecular flexibility index (Phi) is 6.64. The highest BCUT2D eigenvalue weighted by atomic mass is 16.5. The summed E-state index contributed by atoms with van der Waals surface area (Å²) in [7, 11) is 0. The molecule has 3 rings (SSSR count). The van der Waals surface area contributed by atoms with Gasteiger partial charge in [-0.15, -0.1) is 0 Å². The highest BCUT2D eigenvalue weighted by Crippen LogP contribution is 2.21. The molecule has 1 fully saturated rings. The smallest absolute Gasteiger partial charge is 0.227 e. The normalized spacial score (nSPS) is 14.2. The van der Waals surface area contributed by atoms with Crippen molar-refractivity contribution < 1.29 is 14.3 Å². The maximum Gasteiger partial charge on any atom is 0.227 e. The van der Waals surface area contributed by atoms with Crippen LogP contribution in [0.3, 0.4) is 0 Å². The Balaban J connectivity index is 1.43. The number of hydrogen-bond donors (Lipinski definition) is 1. The number of benzene rings is 2. The molecule has 0 aromatic heterocycles. The van der Waals surface area contributed by atoms with Gasteiger partial charge in [-0.05, 0) is 37.1 Å². The first-order valence-electron chi connectivity index (χ1n) is 9.43. The molecular weight excluding hydrogens is 354 g/mol. The number of nitrogens with one attached hydrogen (secondary N) is 1. The number of carbonyl (C=O) groups excluding carboxylic acids is 2. The molecule has 0 bridgehead atoms. The summed E-state index contributed by atoms with van der Waals surface area (Å²) in [4.78, 5) is 26.6. The Morgan fingerprint density at radius 1 is 1.07 bits per heavy atom. The summed E-state index contributed by atoms with van der Waals surface area (Å²) in [5, 5.41) is 12.0. The molecule has 0 atom stereocenters. The van der Waals surface area contributed by atoms with Crippen molar-refractivity contribution in [2.24, 2.45) is 5.92 Å². The van der Waals surface area contributed by atoms with Crippen LogP contribution in [-0.2, 0) is 9.59 Å². The number of ether oxygens (including phenoxy) is 1. The van der Waals surface area contributed by atoms with Gasteiger partial charge in [-0.3, -0.25) is 9.59 Å². The highest BCUT2D eigenvalue weighted by molar-refractivity contribution is 5.94. The lowest BCUT2D eigenvalue weighted by atomic mass is 9.95. The average Bonchev–Trinajstić information content (AvgIpc) is 2.75. The molecule has 0 spiro atoms. The van der Waals surface area contributed by atoms with Crippen molar-refractivity contribution in [3.05, 3.63) is 60.2 Å². The van der Waals surface area contributed by atoms with Gasteiger partial charge in [-0.1, -0.05) is 30.3 Å². The van der Waals surface area contributed by atoms with Crippen LogP contribution in [0.5, 0.6) is 5.75 Å². The second kappa shape index (κ2) is 9.56. The highest BCUT2D eigenvalue weighted by Gasteiger charge is 2.27. The lowest BCUT2D eigenvalue weighted by molar-refractivity contribution is -0.135. The standard InChI is InChI=1S/C22H23N3O3/c23-16-18-6-4-5-9-20(18)24-22(27)17-10-13-25(14-11-17)21(26)12-15-28-19-7-2-1-3-8-19/h1-9,17H,10-15H2,(H,24,27). The van der Waals surface area contributed by atoms with Gasteiger partial charge in [0.2, 0.25) is 11.8 Å². The first kappa shape index (κ1) is 19.4. The van der Waals surface area contributed by atoms with Crippen molar-refractivity contribution in [3.8, 4) is 11.8 Å². The quantitative estimate of drug-likeness (QED) is 0.838. The lowest BCUT2D eigenvalue weighted by Crippen LogP contribution is -2.41. The largest absolute Gasteiger partial charge is 0.493 e. The Morgan fingerprint density at radius 2 is 1.75 bits per heavy atom. The summed E-state index contributed by atoms with van der Waals surface area (Å²) in [5.74, 6) is 0.548. The van der Waals surface area contributed by atoms with E-state index in [-0.39, 0.29) is 17.7 Å². The van der Waals surface area contributed by atoms with Crippen LogP contribution < -0.4 is 10.1 Å². The number of piperidine rings is 1. The molecule has 2 aromatic rings. The van der Waals surface area contributed by atoms with Gasteiger partial charge in [-0.25, -0.2) is 0 Å². The van der Waals surface area contributed by atoms with Crippen molar-refractivity contribution in [2.45, 2.75) is 19.3 Å². The minimum atomic E-state index is -0.156. The Bertz CT molecular complexity index is 853. The number of para-hydroxylation sites is 2. The van der Waals surface area contributed by atoms with Crippen LogP contribution in [0.1, 0.15) is 24.8 Å². The van der Waals surface area contributed by atoms with E-state index in [4.69, 9.17) is 10.00 Å². The third kappa shape index (κ3) is 5.10. The molecule has 1 N–H and O–H groups in total. The van der Waals surface area contributed by atoms with E-state index < -0.39 is 0 Å². The van der Waals surface area contributed by atoms with Gasteiger partial charge in [0.25, 0.3) is 0 Å². The number of carbonyl (C=O) groups is 2. The van der Waals surface area contributed by atoms with Crippen molar-refractivity contribution in [1.82, 2.24) is 4.90 Å². The van der Waals surface area contributed by atoms with Crippen LogP contribution in [0.15, 0.2) is 54.6 Å². The van der Waals surface area contributed by atoms with E-state index in [9.17, 15) is 9.59 Å². The SMILES string of the molecule is N#Cc1ccccc1NC(=O)C1CCN(C(=O)CCOc2ccccc2)CC1. The second-order valence-corrected chi connectivity index (χ2v) is 6.71. The molecule has 6 nitrogen and oxygen atoms in total. The minimum absolute atomic E-state index is 0.0459. The number of anilines is 1. The summed E-state index contributed by atoms with van der Waals surface area (Å²) < 4.78 is 5.58. The maximum absolute atomic E-state index is 12.5. The minimum Gasteiger partial charge on any atom is -0.493 e. The number of nitrogens with zero attached hydrogens (tertiary/aromatic N) is 2. The van der Waals surface area contributed by atoms with Crippen molar-refractivity contribution >= 4 is 17.5 Å². The second-order valence-electron chi connectivity index (χ2n) is 6.71. The van der Waals surface area contributed by atoms with E-state index in [1.807, 2.05) is 30.3 Å². The summed E-state index contributed by atoms with van der Waals surface area (Å²) in [6.45, 7) is 1.46. The molecule has 0 aliphatic carbocycles. The zero-order chi connectivity index (χ0) is 19.8. The molecule has 0 saturated carbocycles. The first-order chi connectivity index (χ1) is 13.7. The molecule has 2 aromatic carbocycles. The van der Waals surface area contributed by atoms with Crippen LogP contribution in [0, 0.1) is 17.2 Å². The van der Waals surface area contributed by atoms with Gasteiger partial charge in [0, 0.05) is 19.0 Å². The van der Waals surface area contributed by atoms with Gasteiger partial charge in [0.1, 0.15) is 11.8 Å². The number of nitriles is 1. The van der Waals surface area contributed by atoms with E-state index in [2.05, 4.69) is 11.4 Å². The molecule has 0 radical (unpaired) electrons. The predicted molar refractivity (Wildman–Crippen MR) is 106 cm³/mol. The van der Waals surface area contributed by atoms with Gasteiger partial charge in [0.05, 0.1) is 24.3 Å². The van der Waals surface area contributed by atoms with E-state index in [0.29, 0.717) is 50.2 Å².